The molecule has 5 nitrogen and oxygen atoms in total. The molecule has 4 rings (SSSR count). The fourth-order valence-corrected chi connectivity index (χ4v) is 4.05. The Kier molecular flexibility index (Phi) is 6.88. The van der Waals surface area contributed by atoms with Crippen LogP contribution in [0.3, 0.4) is 0 Å². The van der Waals surface area contributed by atoms with Crippen LogP contribution in [-0.4, -0.2) is 52.6 Å². The summed E-state index contributed by atoms with van der Waals surface area (Å²) in [5.41, 5.74) is 2.11. The van der Waals surface area contributed by atoms with Crippen molar-refractivity contribution in [1.82, 2.24) is 20.2 Å². The molecule has 0 unspecified atom stereocenters. The first-order valence-electron chi connectivity index (χ1n) is 10.8. The zero-order valence-corrected chi connectivity index (χ0v) is 17.9. The highest BCUT2D eigenvalue weighted by Crippen LogP contribution is 2.25. The maximum Gasteiger partial charge on any atom is 0.390 e. The van der Waals surface area contributed by atoms with Gasteiger partial charge in [0.25, 0.3) is 0 Å². The lowest BCUT2D eigenvalue weighted by Crippen LogP contribution is -2.46. The predicted octanol–water partition coefficient (Wildman–Crippen LogP) is 4.51. The van der Waals surface area contributed by atoms with Gasteiger partial charge in [-0.25, -0.2) is 4.39 Å². The lowest BCUT2D eigenvalue weighted by molar-refractivity contribution is -0.133. The van der Waals surface area contributed by atoms with Gasteiger partial charge in [-0.1, -0.05) is 12.1 Å². The second kappa shape index (κ2) is 9.82. The number of carbonyl (C=O) groups is 1. The topological polar surface area (TPSA) is 58.1 Å². The van der Waals surface area contributed by atoms with Crippen molar-refractivity contribution in [2.45, 2.75) is 37.9 Å². The molecular weight excluding hydrogens is 436 g/mol. The van der Waals surface area contributed by atoms with E-state index in [4.69, 9.17) is 0 Å². The van der Waals surface area contributed by atoms with Gasteiger partial charge in [-0.05, 0) is 42.0 Å². The molecule has 0 aliphatic carbocycles. The number of nitrogens with one attached hydrogen (secondary N) is 1. The van der Waals surface area contributed by atoms with Gasteiger partial charge in [-0.3, -0.25) is 14.8 Å². The summed E-state index contributed by atoms with van der Waals surface area (Å²) in [5, 5.41) is 4.73. The summed E-state index contributed by atoms with van der Waals surface area (Å²) < 4.78 is 50.4. The summed E-state index contributed by atoms with van der Waals surface area (Å²) in [5.74, 6) is -0.464. The molecule has 1 saturated heterocycles. The Bertz CT molecular complexity index is 1130. The number of pyridine rings is 2. The minimum Gasteiger partial charge on any atom is -0.342 e. The van der Waals surface area contributed by atoms with Crippen LogP contribution < -0.4 is 5.32 Å². The van der Waals surface area contributed by atoms with Crippen LogP contribution >= 0.6 is 0 Å². The van der Waals surface area contributed by atoms with E-state index in [0.29, 0.717) is 37.2 Å². The number of halogens is 4. The van der Waals surface area contributed by atoms with Crippen LogP contribution in [0.4, 0.5) is 17.6 Å². The van der Waals surface area contributed by atoms with E-state index in [0.717, 1.165) is 22.5 Å². The van der Waals surface area contributed by atoms with Crippen molar-refractivity contribution in [3.63, 3.8) is 0 Å². The van der Waals surface area contributed by atoms with Crippen LogP contribution in [0, 0.1) is 5.82 Å². The molecule has 0 atom stereocenters. The summed E-state index contributed by atoms with van der Waals surface area (Å²) in [6, 6.07) is 8.95. The normalized spacial score (nSPS) is 15.2. The average molecular weight is 460 g/mol. The monoisotopic (exact) mass is 460 g/mol. The number of hydrogen-bond donors (Lipinski definition) is 1. The number of hydrogen-bond acceptors (Lipinski definition) is 4. The molecule has 9 heteroatoms. The number of amides is 1. The van der Waals surface area contributed by atoms with Gasteiger partial charge in [0.1, 0.15) is 5.82 Å². The maximum absolute atomic E-state index is 13.5. The lowest BCUT2D eigenvalue weighted by Gasteiger charge is -2.32. The number of carbonyl (C=O) groups excluding carboxylic acids is 1. The van der Waals surface area contributed by atoms with Crippen molar-refractivity contribution < 1.29 is 22.4 Å². The summed E-state index contributed by atoms with van der Waals surface area (Å²) in [4.78, 5) is 22.8. The molecule has 1 aliphatic rings. The van der Waals surface area contributed by atoms with Crippen molar-refractivity contribution in [2.24, 2.45) is 0 Å². The van der Waals surface area contributed by atoms with E-state index in [1.807, 2.05) is 24.3 Å². The van der Waals surface area contributed by atoms with Gasteiger partial charge in [-0.2, -0.15) is 13.2 Å². The molecule has 2 aromatic heterocycles. The van der Waals surface area contributed by atoms with Gasteiger partial charge >= 0.3 is 6.18 Å². The molecule has 0 radical (unpaired) electrons. The number of piperidine rings is 1. The van der Waals surface area contributed by atoms with Crippen LogP contribution in [0.1, 0.15) is 25.0 Å². The average Bonchev–Trinajstić information content (AvgIpc) is 2.78. The molecule has 1 fully saturated rings. The Morgan fingerprint density at radius 2 is 1.82 bits per heavy atom. The van der Waals surface area contributed by atoms with E-state index < -0.39 is 18.4 Å². The molecule has 1 amide bonds. The molecule has 1 N–H and O–H groups in total. The van der Waals surface area contributed by atoms with Crippen molar-refractivity contribution >= 4 is 16.7 Å². The zero-order valence-electron chi connectivity index (χ0n) is 17.9. The van der Waals surface area contributed by atoms with E-state index in [2.05, 4.69) is 15.3 Å². The molecule has 3 aromatic rings. The van der Waals surface area contributed by atoms with Crippen LogP contribution in [0.2, 0.25) is 0 Å². The highest BCUT2D eigenvalue weighted by molar-refractivity contribution is 5.88. The fraction of sp³-hybridized carbons (Fsp3) is 0.375. The van der Waals surface area contributed by atoms with E-state index in [9.17, 15) is 22.4 Å². The molecule has 1 aliphatic heterocycles. The number of fused-ring (bicyclic) bond motifs is 1. The summed E-state index contributed by atoms with van der Waals surface area (Å²) in [6.45, 7) is 0.913. The van der Waals surface area contributed by atoms with Gasteiger partial charge < -0.3 is 10.2 Å². The van der Waals surface area contributed by atoms with Crippen molar-refractivity contribution in [3.8, 4) is 11.1 Å². The van der Waals surface area contributed by atoms with Gasteiger partial charge in [0.05, 0.1) is 24.7 Å². The molecule has 3 heterocycles. The largest absolute Gasteiger partial charge is 0.390 e. The Balaban J connectivity index is 1.36. The molecule has 0 spiro atoms. The van der Waals surface area contributed by atoms with E-state index in [-0.39, 0.29) is 24.9 Å². The molecule has 1 aromatic carbocycles. The smallest absolute Gasteiger partial charge is 0.342 e. The number of rotatable bonds is 6. The van der Waals surface area contributed by atoms with Crippen LogP contribution in [0.5, 0.6) is 0 Å². The standard InChI is InChI=1S/C24H24F4N4O/c25-20-10-19(13-29-15-20)16-1-2-17-14-31-22(11-18(17)9-16)12-23(33)32-7-3-21(4-8-32)30-6-5-24(26,27)28/h1-2,9-11,13-15,21,30H,3-8,12H2. The number of likely N-dealkylation sites (tertiary alicyclic amines) is 1. The third-order valence-corrected chi connectivity index (χ3v) is 5.84. The molecular formula is C24H24F4N4O. The van der Waals surface area contributed by atoms with Crippen LogP contribution in [0.25, 0.3) is 21.9 Å². The number of benzene rings is 1. The summed E-state index contributed by atoms with van der Waals surface area (Å²) >= 11 is 0. The van der Waals surface area contributed by atoms with E-state index in [1.54, 1.807) is 17.3 Å². The lowest BCUT2D eigenvalue weighted by atomic mass is 10.0. The zero-order chi connectivity index (χ0) is 23.4. The summed E-state index contributed by atoms with van der Waals surface area (Å²) in [7, 11) is 0. The SMILES string of the molecule is O=C(Cc1cc2cc(-c3cncc(F)c3)ccc2cn1)N1CCC(NCCC(F)(F)F)CC1. The number of aromatic nitrogens is 2. The van der Waals surface area contributed by atoms with Gasteiger partial charge in [0.2, 0.25) is 5.91 Å². The first kappa shape index (κ1) is 23.1. The Hall–Kier alpha value is -3.07. The van der Waals surface area contributed by atoms with Crippen molar-refractivity contribution in [2.75, 3.05) is 19.6 Å². The predicted molar refractivity (Wildman–Crippen MR) is 117 cm³/mol. The third kappa shape index (κ3) is 6.25. The highest BCUT2D eigenvalue weighted by Gasteiger charge is 2.28. The molecule has 0 bridgehead atoms. The van der Waals surface area contributed by atoms with E-state index in [1.165, 1.54) is 6.07 Å². The van der Waals surface area contributed by atoms with Crippen molar-refractivity contribution in [3.05, 3.63) is 60.4 Å². The highest BCUT2D eigenvalue weighted by atomic mass is 19.4. The molecule has 174 valence electrons. The van der Waals surface area contributed by atoms with Crippen molar-refractivity contribution in [1.29, 1.82) is 0 Å². The van der Waals surface area contributed by atoms with Gasteiger partial charge in [-0.15, -0.1) is 0 Å². The Morgan fingerprint density at radius 3 is 2.55 bits per heavy atom. The molecule has 0 saturated carbocycles. The second-order valence-corrected chi connectivity index (χ2v) is 8.28. The Morgan fingerprint density at radius 1 is 1.03 bits per heavy atom. The van der Waals surface area contributed by atoms with Crippen LogP contribution in [-0.2, 0) is 11.2 Å². The number of alkyl halides is 3. The first-order chi connectivity index (χ1) is 15.8. The quantitative estimate of drug-likeness (QED) is 0.550. The fourth-order valence-electron chi connectivity index (χ4n) is 4.05. The minimum absolute atomic E-state index is 0.00840. The summed E-state index contributed by atoms with van der Waals surface area (Å²) in [6.07, 6.45) is 0.843. The van der Waals surface area contributed by atoms with E-state index >= 15 is 0 Å². The maximum atomic E-state index is 13.5. The molecule has 33 heavy (non-hydrogen) atoms. The Labute approximate surface area is 188 Å². The number of nitrogens with zero attached hydrogens (tertiary/aromatic N) is 3. The minimum atomic E-state index is -4.16. The van der Waals surface area contributed by atoms with Gasteiger partial charge in [0.15, 0.2) is 0 Å². The van der Waals surface area contributed by atoms with Crippen LogP contribution in [0.15, 0.2) is 48.9 Å². The van der Waals surface area contributed by atoms with Gasteiger partial charge in [0, 0.05) is 49.0 Å². The second-order valence-electron chi connectivity index (χ2n) is 8.28. The third-order valence-electron chi connectivity index (χ3n) is 5.84. The first-order valence-corrected chi connectivity index (χ1v) is 10.8.